The standard InChI is InChI=1S/C9H15N3O/c10-4-9(5-13-6-9)8(11)7-2-1-3-12-7/h1-3,8,12H,4-6,10-11H2. The van der Waals surface area contributed by atoms with E-state index in [4.69, 9.17) is 16.2 Å². The zero-order valence-electron chi connectivity index (χ0n) is 7.49. The first-order chi connectivity index (χ1) is 6.28. The van der Waals surface area contributed by atoms with Gasteiger partial charge in [-0.15, -0.1) is 0 Å². The molecule has 1 aromatic rings. The molecule has 4 nitrogen and oxygen atoms in total. The largest absolute Gasteiger partial charge is 0.380 e. The van der Waals surface area contributed by atoms with Crippen LogP contribution in [0.3, 0.4) is 0 Å². The van der Waals surface area contributed by atoms with E-state index in [1.807, 2.05) is 18.3 Å². The predicted molar refractivity (Wildman–Crippen MR) is 50.0 cm³/mol. The molecule has 1 atom stereocenters. The van der Waals surface area contributed by atoms with Crippen molar-refractivity contribution in [3.63, 3.8) is 0 Å². The number of rotatable bonds is 3. The maximum atomic E-state index is 6.10. The number of hydrogen-bond donors (Lipinski definition) is 3. The lowest BCUT2D eigenvalue weighted by Crippen LogP contribution is -2.55. The molecule has 5 N–H and O–H groups in total. The van der Waals surface area contributed by atoms with Crippen molar-refractivity contribution < 1.29 is 4.74 Å². The molecule has 2 heterocycles. The fourth-order valence-electron chi connectivity index (χ4n) is 1.66. The number of nitrogens with two attached hydrogens (primary N) is 2. The zero-order chi connectivity index (χ0) is 9.31. The Balaban J connectivity index is 2.16. The fourth-order valence-corrected chi connectivity index (χ4v) is 1.66. The highest BCUT2D eigenvalue weighted by Crippen LogP contribution is 2.37. The molecular formula is C9H15N3O. The molecule has 1 fully saturated rings. The molecule has 1 aliphatic rings. The summed E-state index contributed by atoms with van der Waals surface area (Å²) in [6.07, 6.45) is 1.87. The Morgan fingerprint density at radius 3 is 2.77 bits per heavy atom. The molecular weight excluding hydrogens is 166 g/mol. The Morgan fingerprint density at radius 2 is 2.38 bits per heavy atom. The van der Waals surface area contributed by atoms with E-state index in [0.29, 0.717) is 19.8 Å². The number of aromatic amines is 1. The van der Waals surface area contributed by atoms with E-state index >= 15 is 0 Å². The minimum absolute atomic E-state index is 0.0405. The van der Waals surface area contributed by atoms with E-state index < -0.39 is 0 Å². The van der Waals surface area contributed by atoms with Gasteiger partial charge in [0.15, 0.2) is 0 Å². The van der Waals surface area contributed by atoms with Gasteiger partial charge < -0.3 is 21.2 Å². The average molecular weight is 181 g/mol. The Bertz CT molecular complexity index is 261. The van der Waals surface area contributed by atoms with E-state index in [1.165, 1.54) is 0 Å². The molecule has 0 aromatic carbocycles. The highest BCUT2D eigenvalue weighted by Gasteiger charge is 2.43. The first kappa shape index (κ1) is 8.74. The van der Waals surface area contributed by atoms with Crippen LogP contribution >= 0.6 is 0 Å². The van der Waals surface area contributed by atoms with Crippen LogP contribution in [0.1, 0.15) is 11.7 Å². The van der Waals surface area contributed by atoms with Crippen LogP contribution in [0.5, 0.6) is 0 Å². The SMILES string of the molecule is NCC1(C(N)c2ccc[nH]2)COC1. The van der Waals surface area contributed by atoms with E-state index in [2.05, 4.69) is 4.98 Å². The van der Waals surface area contributed by atoms with Gasteiger partial charge in [-0.1, -0.05) is 0 Å². The van der Waals surface area contributed by atoms with Gasteiger partial charge in [-0.2, -0.15) is 0 Å². The highest BCUT2D eigenvalue weighted by atomic mass is 16.5. The summed E-state index contributed by atoms with van der Waals surface area (Å²) in [6.45, 7) is 1.92. The van der Waals surface area contributed by atoms with Gasteiger partial charge in [0.25, 0.3) is 0 Å². The van der Waals surface area contributed by atoms with Gasteiger partial charge in [0, 0.05) is 18.4 Å². The molecule has 72 valence electrons. The summed E-state index contributed by atoms with van der Waals surface area (Å²) < 4.78 is 5.17. The first-order valence-electron chi connectivity index (χ1n) is 4.45. The third-order valence-electron chi connectivity index (χ3n) is 2.80. The van der Waals surface area contributed by atoms with Crippen molar-refractivity contribution in [3.8, 4) is 0 Å². The van der Waals surface area contributed by atoms with Gasteiger partial charge in [0.05, 0.1) is 24.7 Å². The molecule has 1 aliphatic heterocycles. The summed E-state index contributed by atoms with van der Waals surface area (Å²) in [7, 11) is 0. The lowest BCUT2D eigenvalue weighted by atomic mass is 9.77. The van der Waals surface area contributed by atoms with Crippen LogP contribution in [0, 0.1) is 5.41 Å². The van der Waals surface area contributed by atoms with E-state index in [0.717, 1.165) is 5.69 Å². The summed E-state index contributed by atoms with van der Waals surface area (Å²) in [5, 5.41) is 0. The quantitative estimate of drug-likeness (QED) is 0.613. The van der Waals surface area contributed by atoms with Crippen LogP contribution in [0.4, 0.5) is 0 Å². The van der Waals surface area contributed by atoms with Crippen molar-refractivity contribution in [1.29, 1.82) is 0 Å². The summed E-state index contributed by atoms with van der Waals surface area (Å²) in [4.78, 5) is 3.11. The van der Waals surface area contributed by atoms with Gasteiger partial charge >= 0.3 is 0 Å². The normalized spacial score (nSPS) is 22.3. The van der Waals surface area contributed by atoms with Crippen molar-refractivity contribution in [1.82, 2.24) is 4.98 Å². The molecule has 0 amide bonds. The molecule has 1 saturated heterocycles. The van der Waals surface area contributed by atoms with Crippen LogP contribution in [-0.4, -0.2) is 24.7 Å². The first-order valence-corrected chi connectivity index (χ1v) is 4.45. The van der Waals surface area contributed by atoms with Crippen molar-refractivity contribution in [3.05, 3.63) is 24.0 Å². The van der Waals surface area contributed by atoms with Gasteiger partial charge in [-0.3, -0.25) is 0 Å². The third kappa shape index (κ3) is 1.27. The fraction of sp³-hybridized carbons (Fsp3) is 0.556. The molecule has 2 rings (SSSR count). The smallest absolute Gasteiger partial charge is 0.0575 e. The van der Waals surface area contributed by atoms with E-state index in [1.54, 1.807) is 0 Å². The lowest BCUT2D eigenvalue weighted by Gasteiger charge is -2.44. The minimum atomic E-state index is -0.0507. The van der Waals surface area contributed by atoms with Crippen LogP contribution in [-0.2, 0) is 4.74 Å². The van der Waals surface area contributed by atoms with Gasteiger partial charge in [0.1, 0.15) is 0 Å². The van der Waals surface area contributed by atoms with Crippen molar-refractivity contribution in [2.24, 2.45) is 16.9 Å². The summed E-state index contributed by atoms with van der Waals surface area (Å²) >= 11 is 0. The molecule has 0 radical (unpaired) electrons. The Labute approximate surface area is 77.3 Å². The van der Waals surface area contributed by atoms with Gasteiger partial charge in [-0.05, 0) is 12.1 Å². The summed E-state index contributed by atoms with van der Waals surface area (Å²) in [5.41, 5.74) is 12.8. The maximum Gasteiger partial charge on any atom is 0.0575 e. The molecule has 0 aliphatic carbocycles. The minimum Gasteiger partial charge on any atom is -0.380 e. The molecule has 0 saturated carbocycles. The number of ether oxygens (including phenoxy) is 1. The molecule has 0 spiro atoms. The van der Waals surface area contributed by atoms with E-state index in [-0.39, 0.29) is 11.5 Å². The second kappa shape index (κ2) is 3.14. The van der Waals surface area contributed by atoms with Gasteiger partial charge in [0.2, 0.25) is 0 Å². The van der Waals surface area contributed by atoms with Crippen molar-refractivity contribution in [2.45, 2.75) is 6.04 Å². The van der Waals surface area contributed by atoms with Gasteiger partial charge in [-0.25, -0.2) is 0 Å². The highest BCUT2D eigenvalue weighted by molar-refractivity contribution is 5.14. The summed E-state index contributed by atoms with van der Waals surface area (Å²) in [6, 6.07) is 3.89. The maximum absolute atomic E-state index is 6.10. The Kier molecular flexibility index (Phi) is 2.11. The summed E-state index contributed by atoms with van der Waals surface area (Å²) in [5.74, 6) is 0. The molecule has 1 aromatic heterocycles. The topological polar surface area (TPSA) is 77.1 Å². The second-order valence-electron chi connectivity index (χ2n) is 3.66. The lowest BCUT2D eigenvalue weighted by molar-refractivity contribution is -0.122. The second-order valence-corrected chi connectivity index (χ2v) is 3.66. The predicted octanol–water partition coefficient (Wildman–Crippen LogP) is -0.0102. The molecule has 13 heavy (non-hydrogen) atoms. The third-order valence-corrected chi connectivity index (χ3v) is 2.80. The van der Waals surface area contributed by atoms with Crippen molar-refractivity contribution in [2.75, 3.05) is 19.8 Å². The van der Waals surface area contributed by atoms with Crippen LogP contribution in [0.15, 0.2) is 18.3 Å². The van der Waals surface area contributed by atoms with Crippen LogP contribution < -0.4 is 11.5 Å². The molecule has 4 heteroatoms. The molecule has 1 unspecified atom stereocenters. The number of aromatic nitrogens is 1. The van der Waals surface area contributed by atoms with Crippen molar-refractivity contribution >= 4 is 0 Å². The Hall–Kier alpha value is -0.840. The van der Waals surface area contributed by atoms with E-state index in [9.17, 15) is 0 Å². The Morgan fingerprint density at radius 1 is 1.62 bits per heavy atom. The van der Waals surface area contributed by atoms with Crippen LogP contribution in [0.2, 0.25) is 0 Å². The number of nitrogens with one attached hydrogen (secondary N) is 1. The number of H-pyrrole nitrogens is 1. The molecule has 0 bridgehead atoms. The zero-order valence-corrected chi connectivity index (χ0v) is 7.49. The average Bonchev–Trinajstić information content (AvgIpc) is 2.54. The van der Waals surface area contributed by atoms with Crippen LogP contribution in [0.25, 0.3) is 0 Å². The number of hydrogen-bond acceptors (Lipinski definition) is 3. The monoisotopic (exact) mass is 181 g/mol.